The van der Waals surface area contributed by atoms with Gasteiger partial charge in [-0.1, -0.05) is 0 Å². The Balaban J connectivity index is 1.46. The molecule has 7 nitrogen and oxygen atoms in total. The fourth-order valence-corrected chi connectivity index (χ4v) is 3.16. The average Bonchev–Trinajstić information content (AvgIpc) is 3.01. The summed E-state index contributed by atoms with van der Waals surface area (Å²) in [6, 6.07) is 0. The molecule has 0 spiro atoms. The van der Waals surface area contributed by atoms with Gasteiger partial charge in [-0.2, -0.15) is 0 Å². The number of ether oxygens (including phenoxy) is 1. The maximum absolute atomic E-state index is 12.4. The van der Waals surface area contributed by atoms with Gasteiger partial charge in [0.1, 0.15) is 6.33 Å². The predicted molar refractivity (Wildman–Crippen MR) is 70.7 cm³/mol. The maximum atomic E-state index is 12.4. The standard InChI is InChI=1S/C13H21N5O2/c19-13(17-5-7-20-8-6-17)12-3-1-11(2-4-12)9-18-10-14-15-16-18/h10-12H,1-9H2. The third-order valence-electron chi connectivity index (χ3n) is 4.36. The summed E-state index contributed by atoms with van der Waals surface area (Å²) in [6.07, 6.45) is 5.80. The lowest BCUT2D eigenvalue weighted by Crippen LogP contribution is -2.44. The molecule has 2 aliphatic rings. The minimum absolute atomic E-state index is 0.207. The molecule has 2 heterocycles. The molecule has 0 unspecified atom stereocenters. The minimum Gasteiger partial charge on any atom is -0.378 e. The van der Waals surface area contributed by atoms with E-state index in [1.54, 1.807) is 11.0 Å². The molecule has 1 saturated heterocycles. The van der Waals surface area contributed by atoms with Crippen molar-refractivity contribution in [1.29, 1.82) is 0 Å². The SMILES string of the molecule is O=C(C1CCC(Cn2cnnn2)CC1)N1CCOCC1. The van der Waals surface area contributed by atoms with Crippen molar-refractivity contribution in [2.75, 3.05) is 26.3 Å². The van der Waals surface area contributed by atoms with Crippen LogP contribution < -0.4 is 0 Å². The molecule has 0 atom stereocenters. The van der Waals surface area contributed by atoms with E-state index in [1.165, 1.54) is 0 Å². The summed E-state index contributed by atoms with van der Waals surface area (Å²) in [5.41, 5.74) is 0. The minimum atomic E-state index is 0.207. The van der Waals surface area contributed by atoms with Crippen LogP contribution >= 0.6 is 0 Å². The number of amides is 1. The molecule has 0 aromatic carbocycles. The molecule has 7 heteroatoms. The second-order valence-electron chi connectivity index (χ2n) is 5.69. The molecule has 1 aromatic heterocycles. The number of hydrogen-bond acceptors (Lipinski definition) is 5. The first-order valence-corrected chi connectivity index (χ1v) is 7.40. The highest BCUT2D eigenvalue weighted by Crippen LogP contribution is 2.31. The van der Waals surface area contributed by atoms with Gasteiger partial charge >= 0.3 is 0 Å². The zero-order valence-electron chi connectivity index (χ0n) is 11.6. The molecule has 0 radical (unpaired) electrons. The van der Waals surface area contributed by atoms with Crippen molar-refractivity contribution in [2.24, 2.45) is 11.8 Å². The Bertz CT molecular complexity index is 422. The zero-order chi connectivity index (χ0) is 13.8. The van der Waals surface area contributed by atoms with Crippen molar-refractivity contribution in [3.63, 3.8) is 0 Å². The van der Waals surface area contributed by atoms with E-state index in [9.17, 15) is 4.79 Å². The van der Waals surface area contributed by atoms with E-state index in [0.717, 1.165) is 45.3 Å². The highest BCUT2D eigenvalue weighted by molar-refractivity contribution is 5.79. The fraction of sp³-hybridized carbons (Fsp3) is 0.846. The summed E-state index contributed by atoms with van der Waals surface area (Å²) in [6.45, 7) is 3.74. The Morgan fingerprint density at radius 2 is 1.95 bits per heavy atom. The van der Waals surface area contributed by atoms with E-state index in [1.807, 2.05) is 4.90 Å². The number of rotatable bonds is 3. The largest absolute Gasteiger partial charge is 0.378 e. The molecule has 1 aromatic rings. The van der Waals surface area contributed by atoms with Crippen LogP contribution in [0, 0.1) is 11.8 Å². The first kappa shape index (κ1) is 13.5. The smallest absolute Gasteiger partial charge is 0.225 e. The summed E-state index contributed by atoms with van der Waals surface area (Å²) in [4.78, 5) is 14.4. The number of aromatic nitrogens is 4. The summed E-state index contributed by atoms with van der Waals surface area (Å²) in [5.74, 6) is 1.12. The molecule has 3 rings (SSSR count). The molecular weight excluding hydrogens is 258 g/mol. The van der Waals surface area contributed by atoms with Crippen LogP contribution in [0.4, 0.5) is 0 Å². The van der Waals surface area contributed by atoms with E-state index >= 15 is 0 Å². The Morgan fingerprint density at radius 1 is 1.20 bits per heavy atom. The van der Waals surface area contributed by atoms with Crippen LogP contribution in [0.25, 0.3) is 0 Å². The van der Waals surface area contributed by atoms with Crippen LogP contribution in [0.2, 0.25) is 0 Å². The summed E-state index contributed by atoms with van der Waals surface area (Å²) >= 11 is 0. The van der Waals surface area contributed by atoms with E-state index in [0.29, 0.717) is 25.0 Å². The molecule has 2 fully saturated rings. The molecule has 1 amide bonds. The second-order valence-corrected chi connectivity index (χ2v) is 5.69. The fourth-order valence-electron chi connectivity index (χ4n) is 3.16. The molecule has 20 heavy (non-hydrogen) atoms. The van der Waals surface area contributed by atoms with Gasteiger partial charge in [-0.3, -0.25) is 4.79 Å². The Labute approximate surface area is 118 Å². The lowest BCUT2D eigenvalue weighted by atomic mass is 9.81. The topological polar surface area (TPSA) is 73.1 Å². The Hall–Kier alpha value is -1.50. The van der Waals surface area contributed by atoms with Gasteiger partial charge in [0.05, 0.1) is 13.2 Å². The number of hydrogen-bond donors (Lipinski definition) is 0. The number of carbonyl (C=O) groups excluding carboxylic acids is 1. The normalized spacial score (nSPS) is 27.5. The quantitative estimate of drug-likeness (QED) is 0.797. The molecule has 1 saturated carbocycles. The van der Waals surface area contributed by atoms with E-state index in [-0.39, 0.29) is 5.92 Å². The van der Waals surface area contributed by atoms with E-state index < -0.39 is 0 Å². The number of carbonyl (C=O) groups is 1. The van der Waals surface area contributed by atoms with E-state index in [4.69, 9.17) is 4.74 Å². The molecule has 1 aliphatic heterocycles. The Morgan fingerprint density at radius 3 is 2.60 bits per heavy atom. The molecule has 0 N–H and O–H groups in total. The number of tetrazole rings is 1. The monoisotopic (exact) mass is 279 g/mol. The van der Waals surface area contributed by atoms with Gasteiger partial charge in [0, 0.05) is 25.6 Å². The van der Waals surface area contributed by atoms with Crippen molar-refractivity contribution in [3.05, 3.63) is 6.33 Å². The lowest BCUT2D eigenvalue weighted by Gasteiger charge is -2.33. The zero-order valence-corrected chi connectivity index (χ0v) is 11.6. The molecule has 110 valence electrons. The first-order chi connectivity index (χ1) is 9.83. The Kier molecular flexibility index (Phi) is 4.25. The van der Waals surface area contributed by atoms with Gasteiger partial charge in [0.2, 0.25) is 5.91 Å². The number of morpholine rings is 1. The van der Waals surface area contributed by atoms with Crippen LogP contribution in [-0.2, 0) is 16.1 Å². The highest BCUT2D eigenvalue weighted by Gasteiger charge is 2.30. The van der Waals surface area contributed by atoms with Crippen LogP contribution in [0.5, 0.6) is 0 Å². The van der Waals surface area contributed by atoms with Gasteiger partial charge in [0.25, 0.3) is 0 Å². The summed E-state index contributed by atoms with van der Waals surface area (Å²) < 4.78 is 7.08. The second kappa shape index (κ2) is 6.30. The lowest BCUT2D eigenvalue weighted by molar-refractivity contribution is -0.141. The summed E-state index contributed by atoms with van der Waals surface area (Å²) in [7, 11) is 0. The molecule has 0 bridgehead atoms. The van der Waals surface area contributed by atoms with E-state index in [2.05, 4.69) is 15.5 Å². The average molecular weight is 279 g/mol. The van der Waals surface area contributed by atoms with Crippen molar-refractivity contribution in [3.8, 4) is 0 Å². The number of nitrogens with zero attached hydrogens (tertiary/aromatic N) is 5. The van der Waals surface area contributed by atoms with Gasteiger partial charge in [-0.25, -0.2) is 4.68 Å². The van der Waals surface area contributed by atoms with Crippen molar-refractivity contribution in [1.82, 2.24) is 25.1 Å². The third-order valence-corrected chi connectivity index (χ3v) is 4.36. The van der Waals surface area contributed by atoms with Crippen molar-refractivity contribution in [2.45, 2.75) is 32.2 Å². The van der Waals surface area contributed by atoms with Crippen LogP contribution in [0.1, 0.15) is 25.7 Å². The van der Waals surface area contributed by atoms with Crippen LogP contribution in [0.3, 0.4) is 0 Å². The maximum Gasteiger partial charge on any atom is 0.225 e. The van der Waals surface area contributed by atoms with Crippen molar-refractivity contribution < 1.29 is 9.53 Å². The molecular formula is C13H21N5O2. The van der Waals surface area contributed by atoms with Crippen molar-refractivity contribution >= 4 is 5.91 Å². The molecule has 1 aliphatic carbocycles. The highest BCUT2D eigenvalue weighted by atomic mass is 16.5. The van der Waals surface area contributed by atoms with Gasteiger partial charge in [-0.15, -0.1) is 5.10 Å². The van der Waals surface area contributed by atoms with Gasteiger partial charge in [-0.05, 0) is 42.0 Å². The third kappa shape index (κ3) is 3.15. The summed E-state index contributed by atoms with van der Waals surface area (Å²) in [5, 5.41) is 11.2. The van der Waals surface area contributed by atoms with Gasteiger partial charge in [0.15, 0.2) is 0 Å². The predicted octanol–water partition coefficient (Wildman–Crippen LogP) is 0.338. The first-order valence-electron chi connectivity index (χ1n) is 7.40. The van der Waals surface area contributed by atoms with Crippen LogP contribution in [0.15, 0.2) is 6.33 Å². The van der Waals surface area contributed by atoms with Gasteiger partial charge < -0.3 is 9.64 Å². The van der Waals surface area contributed by atoms with Crippen LogP contribution in [-0.4, -0.2) is 57.3 Å².